The van der Waals surface area contributed by atoms with Crippen molar-refractivity contribution in [3.63, 3.8) is 0 Å². The van der Waals surface area contributed by atoms with Crippen LogP contribution in [-0.4, -0.2) is 36.5 Å². The Labute approximate surface area is 178 Å². The molecule has 2 aromatic rings. The maximum Gasteiger partial charge on any atom is 0.321 e. The van der Waals surface area contributed by atoms with Crippen LogP contribution in [0.25, 0.3) is 0 Å². The number of nitrogens with zero attached hydrogens (tertiary/aromatic N) is 1. The first-order valence-corrected chi connectivity index (χ1v) is 10.5. The van der Waals surface area contributed by atoms with E-state index in [2.05, 4.69) is 10.6 Å². The van der Waals surface area contributed by atoms with Gasteiger partial charge in [-0.05, 0) is 69.0 Å². The Morgan fingerprint density at radius 2 is 1.87 bits per heavy atom. The predicted octanol–water partition coefficient (Wildman–Crippen LogP) is 4.34. The third-order valence-electron chi connectivity index (χ3n) is 5.65. The summed E-state index contributed by atoms with van der Waals surface area (Å²) in [7, 11) is 0. The van der Waals surface area contributed by atoms with Crippen LogP contribution in [0.15, 0.2) is 48.5 Å². The molecule has 6 nitrogen and oxygen atoms in total. The van der Waals surface area contributed by atoms with Crippen LogP contribution in [0.2, 0.25) is 0 Å². The molecule has 1 heterocycles. The summed E-state index contributed by atoms with van der Waals surface area (Å²) in [5.41, 5.74) is 2.37. The van der Waals surface area contributed by atoms with Gasteiger partial charge in [-0.2, -0.15) is 0 Å². The predicted molar refractivity (Wildman–Crippen MR) is 119 cm³/mol. The van der Waals surface area contributed by atoms with Gasteiger partial charge < -0.3 is 20.3 Å². The van der Waals surface area contributed by atoms with Gasteiger partial charge in [0.05, 0.1) is 12.0 Å². The van der Waals surface area contributed by atoms with Crippen molar-refractivity contribution in [1.29, 1.82) is 0 Å². The molecule has 1 aliphatic rings. The van der Waals surface area contributed by atoms with Gasteiger partial charge in [0.25, 0.3) is 0 Å². The normalized spacial score (nSPS) is 18.6. The molecule has 2 aromatic carbocycles. The number of rotatable bonds is 6. The van der Waals surface area contributed by atoms with Crippen molar-refractivity contribution < 1.29 is 14.3 Å². The minimum Gasteiger partial charge on any atom is -0.494 e. The molecule has 30 heavy (non-hydrogen) atoms. The van der Waals surface area contributed by atoms with E-state index in [9.17, 15) is 9.59 Å². The minimum atomic E-state index is -0.600. The number of benzene rings is 2. The lowest BCUT2D eigenvalue weighted by molar-refractivity contribution is -0.132. The van der Waals surface area contributed by atoms with E-state index < -0.39 is 5.41 Å². The molecular weight excluding hydrogens is 378 g/mol. The van der Waals surface area contributed by atoms with Gasteiger partial charge >= 0.3 is 6.03 Å². The molecule has 160 valence electrons. The molecule has 0 spiro atoms. The molecule has 2 N–H and O–H groups in total. The molecule has 0 saturated carbocycles. The number of ether oxygens (including phenoxy) is 1. The highest BCUT2D eigenvalue weighted by Gasteiger charge is 2.39. The van der Waals surface area contributed by atoms with Crippen molar-refractivity contribution in [3.8, 4) is 5.75 Å². The summed E-state index contributed by atoms with van der Waals surface area (Å²) in [4.78, 5) is 27.4. The van der Waals surface area contributed by atoms with E-state index in [0.717, 1.165) is 29.7 Å². The van der Waals surface area contributed by atoms with E-state index in [0.29, 0.717) is 31.9 Å². The lowest BCUT2D eigenvalue weighted by Crippen LogP contribution is -2.52. The van der Waals surface area contributed by atoms with Gasteiger partial charge in [0, 0.05) is 25.3 Å². The van der Waals surface area contributed by atoms with E-state index in [1.165, 1.54) is 0 Å². The Balaban J connectivity index is 1.58. The topological polar surface area (TPSA) is 70.7 Å². The van der Waals surface area contributed by atoms with Gasteiger partial charge in [-0.15, -0.1) is 0 Å². The lowest BCUT2D eigenvalue weighted by Gasteiger charge is -2.39. The number of nitrogens with one attached hydrogen (secondary N) is 2. The first kappa shape index (κ1) is 21.7. The van der Waals surface area contributed by atoms with Crippen LogP contribution in [0, 0.1) is 12.3 Å². The van der Waals surface area contributed by atoms with Crippen molar-refractivity contribution >= 4 is 17.6 Å². The Hall–Kier alpha value is -3.02. The number of anilines is 1. The number of carbonyl (C=O) groups is 2. The Kier molecular flexibility index (Phi) is 6.98. The average molecular weight is 410 g/mol. The zero-order valence-electron chi connectivity index (χ0n) is 18.0. The van der Waals surface area contributed by atoms with Crippen molar-refractivity contribution in [2.75, 3.05) is 25.0 Å². The Morgan fingerprint density at radius 3 is 2.57 bits per heavy atom. The van der Waals surface area contributed by atoms with E-state index >= 15 is 0 Å². The molecular formula is C24H31N3O3. The van der Waals surface area contributed by atoms with Crippen molar-refractivity contribution in [2.24, 2.45) is 5.41 Å². The minimum absolute atomic E-state index is 0.00989. The first-order valence-electron chi connectivity index (χ1n) is 10.5. The van der Waals surface area contributed by atoms with Gasteiger partial charge in [0.1, 0.15) is 5.75 Å². The third-order valence-corrected chi connectivity index (χ3v) is 5.65. The molecule has 1 unspecified atom stereocenters. The summed E-state index contributed by atoms with van der Waals surface area (Å²) >= 11 is 0. The summed E-state index contributed by atoms with van der Waals surface area (Å²) in [6.45, 7) is 8.05. The number of amides is 3. The van der Waals surface area contributed by atoms with Crippen LogP contribution in [-0.2, 0) is 11.3 Å². The second-order valence-corrected chi connectivity index (χ2v) is 8.08. The van der Waals surface area contributed by atoms with E-state index in [-0.39, 0.29) is 11.9 Å². The zero-order chi connectivity index (χ0) is 21.6. The highest BCUT2D eigenvalue weighted by molar-refractivity contribution is 5.90. The molecule has 1 fully saturated rings. The number of urea groups is 1. The van der Waals surface area contributed by atoms with Gasteiger partial charge in [-0.25, -0.2) is 4.79 Å². The van der Waals surface area contributed by atoms with E-state index in [1.54, 1.807) is 4.90 Å². The maximum absolute atomic E-state index is 12.9. The molecule has 0 aliphatic carbocycles. The van der Waals surface area contributed by atoms with E-state index in [1.807, 2.05) is 69.3 Å². The average Bonchev–Trinajstić information content (AvgIpc) is 2.74. The van der Waals surface area contributed by atoms with Gasteiger partial charge in [-0.1, -0.05) is 24.3 Å². The fourth-order valence-corrected chi connectivity index (χ4v) is 3.80. The van der Waals surface area contributed by atoms with Crippen LogP contribution in [0.1, 0.15) is 37.8 Å². The Bertz CT molecular complexity index is 882. The quantitative estimate of drug-likeness (QED) is 0.745. The van der Waals surface area contributed by atoms with Crippen molar-refractivity contribution in [2.45, 2.75) is 40.2 Å². The molecule has 6 heteroatoms. The number of aryl methyl sites for hydroxylation is 1. The number of hydrogen-bond acceptors (Lipinski definition) is 3. The molecule has 1 aliphatic heterocycles. The number of hydrogen-bond donors (Lipinski definition) is 2. The fraction of sp³-hybridized carbons (Fsp3) is 0.417. The summed E-state index contributed by atoms with van der Waals surface area (Å²) in [6.07, 6.45) is 1.56. The third kappa shape index (κ3) is 5.32. The number of likely N-dealkylation sites (tertiary alicyclic amines) is 1. The molecule has 1 saturated heterocycles. The monoisotopic (exact) mass is 409 g/mol. The van der Waals surface area contributed by atoms with Crippen LogP contribution < -0.4 is 15.4 Å². The molecule has 0 aromatic heterocycles. The zero-order valence-corrected chi connectivity index (χ0v) is 18.0. The lowest BCUT2D eigenvalue weighted by atomic mass is 9.81. The fourth-order valence-electron chi connectivity index (χ4n) is 3.80. The summed E-state index contributed by atoms with van der Waals surface area (Å²) in [5.74, 6) is 0.760. The number of piperidine rings is 1. The first-order chi connectivity index (χ1) is 14.4. The highest BCUT2D eigenvalue weighted by atomic mass is 16.5. The van der Waals surface area contributed by atoms with Crippen LogP contribution >= 0.6 is 0 Å². The number of carbonyl (C=O) groups excluding carboxylic acids is 2. The van der Waals surface area contributed by atoms with Crippen molar-refractivity contribution in [1.82, 2.24) is 10.2 Å². The summed E-state index contributed by atoms with van der Waals surface area (Å²) in [5, 5.41) is 5.99. The second-order valence-electron chi connectivity index (χ2n) is 8.08. The highest BCUT2D eigenvalue weighted by Crippen LogP contribution is 2.30. The molecule has 3 amide bonds. The van der Waals surface area contributed by atoms with Crippen LogP contribution in [0.3, 0.4) is 0 Å². The standard InChI is InChI=1S/C24H31N3O3/c1-4-30-21-12-10-20(11-13-21)26-23(29)27-15-7-14-24(3,17-27)22(28)25-16-19-9-6-5-8-18(19)2/h5-6,8-13H,4,7,14-17H2,1-3H3,(H,25,28)(H,26,29). The Morgan fingerprint density at radius 1 is 1.13 bits per heavy atom. The summed E-state index contributed by atoms with van der Waals surface area (Å²) in [6, 6.07) is 15.1. The molecule has 1 atom stereocenters. The van der Waals surface area contributed by atoms with E-state index in [4.69, 9.17) is 4.74 Å². The SMILES string of the molecule is CCOc1ccc(NC(=O)N2CCCC(C)(C(=O)NCc3ccccc3C)C2)cc1. The van der Waals surface area contributed by atoms with Gasteiger partial charge in [-0.3, -0.25) is 4.79 Å². The smallest absolute Gasteiger partial charge is 0.321 e. The molecule has 0 bridgehead atoms. The van der Waals surface area contributed by atoms with Crippen molar-refractivity contribution in [3.05, 3.63) is 59.7 Å². The van der Waals surface area contributed by atoms with Gasteiger partial charge in [0.15, 0.2) is 0 Å². The van der Waals surface area contributed by atoms with Gasteiger partial charge in [0.2, 0.25) is 5.91 Å². The van der Waals surface area contributed by atoms with Crippen LogP contribution in [0.5, 0.6) is 5.75 Å². The summed E-state index contributed by atoms with van der Waals surface area (Å²) < 4.78 is 5.43. The molecule has 3 rings (SSSR count). The van der Waals surface area contributed by atoms with Crippen LogP contribution in [0.4, 0.5) is 10.5 Å². The molecule has 0 radical (unpaired) electrons. The maximum atomic E-state index is 12.9. The second kappa shape index (κ2) is 9.65. The largest absolute Gasteiger partial charge is 0.494 e.